The largest absolute Gasteiger partial charge is 0.347 e. The number of aromatic nitrogens is 3. The van der Waals surface area contributed by atoms with Gasteiger partial charge in [-0.15, -0.1) is 0 Å². The lowest BCUT2D eigenvalue weighted by atomic mass is 10.1. The summed E-state index contributed by atoms with van der Waals surface area (Å²) in [6.45, 7) is 0.389. The summed E-state index contributed by atoms with van der Waals surface area (Å²) >= 11 is 0. The van der Waals surface area contributed by atoms with Gasteiger partial charge in [-0.25, -0.2) is 0 Å². The van der Waals surface area contributed by atoms with E-state index in [2.05, 4.69) is 20.7 Å². The lowest BCUT2D eigenvalue weighted by molar-refractivity contribution is -0.135. The first kappa shape index (κ1) is 18.5. The van der Waals surface area contributed by atoms with Crippen molar-refractivity contribution >= 4 is 17.7 Å². The zero-order valence-corrected chi connectivity index (χ0v) is 15.5. The van der Waals surface area contributed by atoms with Crippen LogP contribution in [-0.4, -0.2) is 32.5 Å². The van der Waals surface area contributed by atoms with Crippen molar-refractivity contribution in [2.24, 2.45) is 0 Å². The summed E-state index contributed by atoms with van der Waals surface area (Å²) in [5.41, 5.74) is 2.96. The Morgan fingerprint density at radius 1 is 1.14 bits per heavy atom. The van der Waals surface area contributed by atoms with Gasteiger partial charge in [0.25, 0.3) is 11.8 Å². The third-order valence-corrected chi connectivity index (χ3v) is 4.74. The van der Waals surface area contributed by atoms with Crippen molar-refractivity contribution < 1.29 is 14.4 Å². The number of pyridine rings is 1. The Hall–Kier alpha value is -3.81. The van der Waals surface area contributed by atoms with Gasteiger partial charge in [-0.05, 0) is 30.2 Å². The van der Waals surface area contributed by atoms with E-state index in [1.165, 1.54) is 0 Å². The fourth-order valence-corrected chi connectivity index (χ4v) is 3.16. The molecule has 0 bridgehead atoms. The Labute approximate surface area is 167 Å². The normalized spacial score (nSPS) is 16.3. The molecule has 0 spiro atoms. The van der Waals surface area contributed by atoms with Crippen LogP contribution in [0, 0.1) is 0 Å². The van der Waals surface area contributed by atoms with Gasteiger partial charge in [-0.2, -0.15) is 5.10 Å². The van der Waals surface area contributed by atoms with Gasteiger partial charge < -0.3 is 5.32 Å². The molecule has 29 heavy (non-hydrogen) atoms. The zero-order valence-electron chi connectivity index (χ0n) is 15.5. The summed E-state index contributed by atoms with van der Waals surface area (Å²) < 4.78 is 1.60. The van der Waals surface area contributed by atoms with E-state index < -0.39 is 6.04 Å². The van der Waals surface area contributed by atoms with Crippen LogP contribution in [0.5, 0.6) is 0 Å². The molecule has 3 aromatic rings. The van der Waals surface area contributed by atoms with Crippen molar-refractivity contribution in [3.8, 4) is 11.3 Å². The molecular formula is C21H19N5O3. The van der Waals surface area contributed by atoms with Gasteiger partial charge in [-0.3, -0.25) is 29.4 Å². The maximum absolute atomic E-state index is 12.1. The summed E-state index contributed by atoms with van der Waals surface area (Å²) in [5, 5.41) is 9.67. The van der Waals surface area contributed by atoms with Crippen molar-refractivity contribution in [2.75, 3.05) is 0 Å². The average molecular weight is 389 g/mol. The molecule has 2 N–H and O–H groups in total. The molecule has 8 nitrogen and oxygen atoms in total. The molecule has 1 fully saturated rings. The number of carbonyl (C=O) groups excluding carboxylic acids is 3. The highest BCUT2D eigenvalue weighted by Gasteiger charge is 2.28. The molecular weight excluding hydrogens is 370 g/mol. The van der Waals surface area contributed by atoms with E-state index in [1.807, 2.05) is 30.3 Å². The van der Waals surface area contributed by atoms with Crippen molar-refractivity contribution in [3.05, 3.63) is 72.2 Å². The Kier molecular flexibility index (Phi) is 5.15. The second kappa shape index (κ2) is 8.05. The van der Waals surface area contributed by atoms with Crippen LogP contribution in [0.2, 0.25) is 0 Å². The smallest absolute Gasteiger partial charge is 0.270 e. The molecule has 1 aromatic carbocycles. The maximum Gasteiger partial charge on any atom is 0.270 e. The van der Waals surface area contributed by atoms with Crippen molar-refractivity contribution in [3.63, 3.8) is 0 Å². The van der Waals surface area contributed by atoms with E-state index in [1.54, 1.807) is 35.3 Å². The number of nitrogens with zero attached hydrogens (tertiary/aromatic N) is 3. The number of hydrogen-bond donors (Lipinski definition) is 2. The second-order valence-electron chi connectivity index (χ2n) is 6.74. The Morgan fingerprint density at radius 3 is 2.69 bits per heavy atom. The van der Waals surface area contributed by atoms with Gasteiger partial charge in [0.15, 0.2) is 0 Å². The standard InChI is InChI=1S/C21H19N5O3/c27-19-9-8-18(21(29)24-19)26-12-10-16(25-26)15-6-4-14(5-7-15)13-23-20(28)17-3-1-2-11-22-17/h1-7,10-12,18H,8-9,13H2,(H,23,28)(H,24,27,29). The van der Waals surface area contributed by atoms with Crippen LogP contribution in [0.3, 0.4) is 0 Å². The fourth-order valence-electron chi connectivity index (χ4n) is 3.16. The summed E-state index contributed by atoms with van der Waals surface area (Å²) in [4.78, 5) is 39.4. The van der Waals surface area contributed by atoms with Crippen LogP contribution < -0.4 is 10.6 Å². The van der Waals surface area contributed by atoms with Gasteiger partial charge in [0.1, 0.15) is 11.7 Å². The number of benzene rings is 1. The van der Waals surface area contributed by atoms with Gasteiger partial charge in [0.05, 0.1) is 5.69 Å². The molecule has 3 amide bonds. The predicted molar refractivity (Wildman–Crippen MR) is 104 cm³/mol. The number of piperidine rings is 1. The maximum atomic E-state index is 12.1. The van der Waals surface area contributed by atoms with Crippen molar-refractivity contribution in [1.82, 2.24) is 25.4 Å². The molecule has 0 aliphatic carbocycles. The predicted octanol–water partition coefficient (Wildman–Crippen LogP) is 1.85. The Morgan fingerprint density at radius 2 is 1.97 bits per heavy atom. The van der Waals surface area contributed by atoms with Gasteiger partial charge >= 0.3 is 0 Å². The minimum atomic E-state index is -0.470. The molecule has 0 radical (unpaired) electrons. The summed E-state index contributed by atoms with van der Waals surface area (Å²) in [6.07, 6.45) is 4.08. The van der Waals surface area contributed by atoms with E-state index in [0.29, 0.717) is 25.1 Å². The Balaban J connectivity index is 1.39. The van der Waals surface area contributed by atoms with Crippen LogP contribution in [0.15, 0.2) is 60.9 Å². The Bertz CT molecular complexity index is 1040. The molecule has 4 rings (SSSR count). The van der Waals surface area contributed by atoms with Crippen LogP contribution in [0.4, 0.5) is 0 Å². The first-order chi connectivity index (χ1) is 14.1. The number of imide groups is 1. The van der Waals surface area contributed by atoms with Gasteiger partial charge in [0, 0.05) is 30.9 Å². The topological polar surface area (TPSA) is 106 Å². The summed E-state index contributed by atoms with van der Waals surface area (Å²) in [5.74, 6) is -0.795. The van der Waals surface area contributed by atoms with E-state index in [0.717, 1.165) is 16.8 Å². The number of nitrogens with one attached hydrogen (secondary N) is 2. The number of carbonyl (C=O) groups is 3. The molecule has 8 heteroatoms. The molecule has 146 valence electrons. The quantitative estimate of drug-likeness (QED) is 0.648. The van der Waals surface area contributed by atoms with Crippen LogP contribution in [0.1, 0.15) is 34.9 Å². The van der Waals surface area contributed by atoms with Crippen molar-refractivity contribution in [1.29, 1.82) is 0 Å². The van der Waals surface area contributed by atoms with Crippen LogP contribution in [-0.2, 0) is 16.1 Å². The van der Waals surface area contributed by atoms with Gasteiger partial charge in [-0.1, -0.05) is 30.3 Å². The molecule has 0 saturated carbocycles. The highest BCUT2D eigenvalue weighted by atomic mass is 16.2. The number of rotatable bonds is 5. The fraction of sp³-hybridized carbons (Fsp3) is 0.190. The minimum Gasteiger partial charge on any atom is -0.347 e. The van der Waals surface area contributed by atoms with Crippen molar-refractivity contribution in [2.45, 2.75) is 25.4 Å². The summed E-state index contributed by atoms with van der Waals surface area (Å²) in [6, 6.07) is 14.2. The zero-order chi connectivity index (χ0) is 20.2. The third-order valence-electron chi connectivity index (χ3n) is 4.74. The molecule has 1 aliphatic heterocycles. The monoisotopic (exact) mass is 389 g/mol. The van der Waals surface area contributed by atoms with E-state index in [-0.39, 0.29) is 17.7 Å². The number of hydrogen-bond acceptors (Lipinski definition) is 5. The average Bonchev–Trinajstić information content (AvgIpc) is 3.23. The minimum absolute atomic E-state index is 0.224. The molecule has 1 atom stereocenters. The SMILES string of the molecule is O=C1CCC(n2ccc(-c3ccc(CNC(=O)c4ccccn4)cc3)n2)C(=O)N1. The van der Waals surface area contributed by atoms with Crippen LogP contribution in [0.25, 0.3) is 11.3 Å². The first-order valence-corrected chi connectivity index (χ1v) is 9.27. The van der Waals surface area contributed by atoms with Crippen LogP contribution >= 0.6 is 0 Å². The highest BCUT2D eigenvalue weighted by Crippen LogP contribution is 2.22. The third kappa shape index (κ3) is 4.21. The molecule has 1 unspecified atom stereocenters. The van der Waals surface area contributed by atoms with E-state index >= 15 is 0 Å². The van der Waals surface area contributed by atoms with Gasteiger partial charge in [0.2, 0.25) is 5.91 Å². The molecule has 1 aliphatic rings. The second-order valence-corrected chi connectivity index (χ2v) is 6.74. The van der Waals surface area contributed by atoms with E-state index in [4.69, 9.17) is 0 Å². The summed E-state index contributed by atoms with van der Waals surface area (Å²) in [7, 11) is 0. The lowest BCUT2D eigenvalue weighted by Crippen LogP contribution is -2.41. The number of amides is 3. The molecule has 1 saturated heterocycles. The first-order valence-electron chi connectivity index (χ1n) is 9.27. The van der Waals surface area contributed by atoms with E-state index in [9.17, 15) is 14.4 Å². The lowest BCUT2D eigenvalue weighted by Gasteiger charge is -2.20. The molecule has 2 aromatic heterocycles. The highest BCUT2D eigenvalue weighted by molar-refractivity contribution is 5.99. The molecule has 3 heterocycles.